The van der Waals surface area contributed by atoms with Gasteiger partial charge in [0.25, 0.3) is 0 Å². The van der Waals surface area contributed by atoms with Crippen LogP contribution < -0.4 is 15.5 Å². The van der Waals surface area contributed by atoms with Gasteiger partial charge in [-0.15, -0.1) is 0 Å². The van der Waals surface area contributed by atoms with Crippen LogP contribution in [0.3, 0.4) is 0 Å². The molecular weight excluding hydrogens is 358 g/mol. The van der Waals surface area contributed by atoms with Gasteiger partial charge in [0.2, 0.25) is 5.95 Å². The Kier molecular flexibility index (Phi) is 5.61. The van der Waals surface area contributed by atoms with E-state index in [9.17, 15) is 9.90 Å². The lowest BCUT2D eigenvalue weighted by Crippen LogP contribution is -2.39. The Morgan fingerprint density at radius 2 is 2.04 bits per heavy atom. The quantitative estimate of drug-likeness (QED) is 0.782. The first-order valence-electron chi connectivity index (χ1n) is 10.3. The van der Waals surface area contributed by atoms with Gasteiger partial charge < -0.3 is 14.9 Å². The summed E-state index contributed by atoms with van der Waals surface area (Å²) in [7, 11) is 0. The molecule has 2 saturated heterocycles. The van der Waals surface area contributed by atoms with Crippen molar-refractivity contribution in [2.45, 2.75) is 51.7 Å². The zero-order valence-corrected chi connectivity index (χ0v) is 16.4. The second kappa shape index (κ2) is 8.30. The summed E-state index contributed by atoms with van der Waals surface area (Å²) in [5.74, 6) is 3.03. The molecule has 1 atom stereocenters. The summed E-state index contributed by atoms with van der Waals surface area (Å²) in [5, 5.41) is 16.7. The summed E-state index contributed by atoms with van der Waals surface area (Å²) in [6.07, 6.45) is 6.28. The first-order valence-corrected chi connectivity index (χ1v) is 10.3. The minimum absolute atomic E-state index is 0.122. The number of piperidine rings is 2. The summed E-state index contributed by atoms with van der Waals surface area (Å²) >= 11 is 0. The van der Waals surface area contributed by atoms with Gasteiger partial charge in [0.05, 0.1) is 6.10 Å². The maximum Gasteiger partial charge on any atom is 0.343 e. The summed E-state index contributed by atoms with van der Waals surface area (Å²) in [6, 6.07) is 1.93. The molecule has 9 nitrogen and oxygen atoms in total. The smallest absolute Gasteiger partial charge is 0.343 e. The lowest BCUT2D eigenvalue weighted by molar-refractivity contribution is 0.154. The number of aliphatic hydroxyl groups excluding tert-OH is 1. The van der Waals surface area contributed by atoms with E-state index in [1.54, 1.807) is 4.57 Å². The third-order valence-electron chi connectivity index (χ3n) is 5.87. The third-order valence-corrected chi connectivity index (χ3v) is 5.87. The largest absolute Gasteiger partial charge is 0.391 e. The van der Waals surface area contributed by atoms with Gasteiger partial charge in [-0.1, -0.05) is 0 Å². The monoisotopic (exact) mass is 387 g/mol. The van der Waals surface area contributed by atoms with Gasteiger partial charge in [-0.2, -0.15) is 10.1 Å². The number of hydrogen-bond acceptors (Lipinski definition) is 7. The lowest BCUT2D eigenvalue weighted by Gasteiger charge is -2.34. The van der Waals surface area contributed by atoms with Gasteiger partial charge in [-0.25, -0.2) is 14.9 Å². The van der Waals surface area contributed by atoms with Crippen LogP contribution in [0.4, 0.5) is 11.8 Å². The van der Waals surface area contributed by atoms with Crippen molar-refractivity contribution in [3.8, 4) is 0 Å². The van der Waals surface area contributed by atoms with E-state index in [1.807, 2.05) is 19.2 Å². The molecule has 2 aromatic rings. The molecule has 0 aliphatic carbocycles. The van der Waals surface area contributed by atoms with Crippen LogP contribution in [0.15, 0.2) is 17.1 Å². The van der Waals surface area contributed by atoms with Crippen molar-refractivity contribution in [3.05, 3.63) is 28.6 Å². The van der Waals surface area contributed by atoms with Crippen molar-refractivity contribution in [3.63, 3.8) is 0 Å². The molecule has 2 aliphatic heterocycles. The lowest BCUT2D eigenvalue weighted by atomic mass is 9.93. The molecule has 2 fully saturated rings. The third kappa shape index (κ3) is 4.04. The van der Waals surface area contributed by atoms with Crippen LogP contribution in [0.25, 0.3) is 0 Å². The summed E-state index contributed by atoms with van der Waals surface area (Å²) < 4.78 is 1.71. The fourth-order valence-corrected chi connectivity index (χ4v) is 4.26. The number of hydrogen-bond donors (Lipinski definition) is 2. The summed E-state index contributed by atoms with van der Waals surface area (Å²) in [4.78, 5) is 25.4. The fourth-order valence-electron chi connectivity index (χ4n) is 4.26. The van der Waals surface area contributed by atoms with Crippen molar-refractivity contribution in [2.75, 3.05) is 36.0 Å². The van der Waals surface area contributed by atoms with Crippen molar-refractivity contribution in [2.24, 2.45) is 5.92 Å². The van der Waals surface area contributed by atoms with E-state index in [4.69, 9.17) is 4.98 Å². The van der Waals surface area contributed by atoms with Gasteiger partial charge in [-0.3, -0.25) is 4.57 Å². The molecule has 152 valence electrons. The summed E-state index contributed by atoms with van der Waals surface area (Å²) in [6.45, 7) is 5.98. The number of H-pyrrole nitrogens is 1. The SMILES string of the molecule is CCn1c(CC2CCN(c3nccc(N4CCCC(O)C4)n3)CC2)n[nH]c1=O. The van der Waals surface area contributed by atoms with Crippen LogP contribution in [0.2, 0.25) is 0 Å². The zero-order chi connectivity index (χ0) is 19.5. The minimum Gasteiger partial charge on any atom is -0.391 e. The van der Waals surface area contributed by atoms with Crippen molar-refractivity contribution >= 4 is 11.8 Å². The first kappa shape index (κ1) is 18.9. The van der Waals surface area contributed by atoms with Crippen molar-refractivity contribution in [1.29, 1.82) is 0 Å². The molecule has 0 radical (unpaired) electrons. The Labute approximate surface area is 164 Å². The van der Waals surface area contributed by atoms with Gasteiger partial charge in [0, 0.05) is 45.3 Å². The zero-order valence-electron chi connectivity index (χ0n) is 16.4. The Morgan fingerprint density at radius 3 is 2.79 bits per heavy atom. The Bertz CT molecular complexity index is 841. The highest BCUT2D eigenvalue weighted by Gasteiger charge is 2.24. The molecule has 0 aromatic carbocycles. The van der Waals surface area contributed by atoms with E-state index in [0.29, 0.717) is 19.0 Å². The first-order chi connectivity index (χ1) is 13.6. The number of aromatic nitrogens is 5. The molecule has 28 heavy (non-hydrogen) atoms. The highest BCUT2D eigenvalue weighted by Crippen LogP contribution is 2.25. The second-order valence-corrected chi connectivity index (χ2v) is 7.78. The predicted molar refractivity (Wildman–Crippen MR) is 107 cm³/mol. The second-order valence-electron chi connectivity index (χ2n) is 7.78. The molecule has 2 aliphatic rings. The van der Waals surface area contributed by atoms with E-state index in [0.717, 1.165) is 69.3 Å². The molecule has 9 heteroatoms. The molecule has 0 bridgehead atoms. The minimum atomic E-state index is -0.273. The van der Waals surface area contributed by atoms with Gasteiger partial charge in [0.15, 0.2) is 0 Å². The highest BCUT2D eigenvalue weighted by molar-refractivity contribution is 5.44. The number of rotatable bonds is 5. The molecule has 4 heterocycles. The number of aliphatic hydroxyl groups is 1. The van der Waals surface area contributed by atoms with Gasteiger partial charge in [0.1, 0.15) is 11.6 Å². The molecule has 0 saturated carbocycles. The van der Waals surface area contributed by atoms with Crippen LogP contribution in [-0.4, -0.2) is 62.1 Å². The molecular formula is C19H29N7O2. The molecule has 0 amide bonds. The van der Waals surface area contributed by atoms with E-state index in [-0.39, 0.29) is 11.8 Å². The Morgan fingerprint density at radius 1 is 1.21 bits per heavy atom. The van der Waals surface area contributed by atoms with Gasteiger partial charge >= 0.3 is 5.69 Å². The van der Waals surface area contributed by atoms with E-state index < -0.39 is 0 Å². The fraction of sp³-hybridized carbons (Fsp3) is 0.684. The summed E-state index contributed by atoms with van der Waals surface area (Å²) in [5.41, 5.74) is -0.122. The molecule has 2 N–H and O–H groups in total. The van der Waals surface area contributed by atoms with Gasteiger partial charge in [-0.05, 0) is 44.6 Å². The highest BCUT2D eigenvalue weighted by atomic mass is 16.3. The van der Waals surface area contributed by atoms with Crippen LogP contribution in [-0.2, 0) is 13.0 Å². The van der Waals surface area contributed by atoms with Crippen LogP contribution >= 0.6 is 0 Å². The molecule has 1 unspecified atom stereocenters. The Balaban J connectivity index is 1.37. The van der Waals surface area contributed by atoms with E-state index >= 15 is 0 Å². The normalized spacial score (nSPS) is 21.3. The van der Waals surface area contributed by atoms with Crippen molar-refractivity contribution < 1.29 is 5.11 Å². The van der Waals surface area contributed by atoms with Crippen molar-refractivity contribution in [1.82, 2.24) is 24.7 Å². The number of anilines is 2. The average molecular weight is 387 g/mol. The van der Waals surface area contributed by atoms with E-state index in [2.05, 4.69) is 25.0 Å². The standard InChI is InChI=1S/C19H29N7O2/c1-2-26-17(22-23-19(26)28)12-14-6-10-24(11-7-14)18-20-8-5-16(21-18)25-9-3-4-15(27)13-25/h5,8,14-15,27H,2-4,6-7,9-13H2,1H3,(H,23,28). The predicted octanol–water partition coefficient (Wildman–Crippen LogP) is 0.802. The van der Waals surface area contributed by atoms with Crippen LogP contribution in [0.1, 0.15) is 38.4 Å². The van der Waals surface area contributed by atoms with Crippen LogP contribution in [0.5, 0.6) is 0 Å². The number of nitrogens with zero attached hydrogens (tertiary/aromatic N) is 6. The Hall–Kier alpha value is -2.42. The number of β-amino-alcohol motifs (C(OH)–C–C–N with tert-alkyl or cyclic N) is 1. The van der Waals surface area contributed by atoms with E-state index in [1.165, 1.54) is 0 Å². The maximum atomic E-state index is 11.7. The molecule has 2 aromatic heterocycles. The maximum absolute atomic E-state index is 11.7. The van der Waals surface area contributed by atoms with Crippen LogP contribution in [0, 0.1) is 5.92 Å². The average Bonchev–Trinajstić information content (AvgIpc) is 3.08. The molecule has 4 rings (SSSR count). The topological polar surface area (TPSA) is 103 Å². The number of aromatic amines is 1. The number of nitrogens with one attached hydrogen (secondary N) is 1. The molecule has 0 spiro atoms.